The quantitative estimate of drug-likeness (QED) is 0.525. The molecule has 2 aliphatic carbocycles. The Balaban J connectivity index is 1.49. The molecule has 2 aliphatic rings. The maximum Gasteiger partial charge on any atom is 0.252 e. The molecule has 0 aromatic heterocycles. The van der Waals surface area contributed by atoms with E-state index in [2.05, 4.69) is 36.1 Å². The molecule has 0 N–H and O–H groups in total. The summed E-state index contributed by atoms with van der Waals surface area (Å²) in [6.07, 6.45) is 6.40. The molecule has 0 saturated heterocycles. The standard InChI is InChI=1S/C24H32F2O/c1-3-22-14-9-19(17-24(22,25)26)6-5-18-7-10-20(11-8-18)21-12-15-23(16-13-21)27-4-2/h12-13,15-16,18-20,22H,3-4,7-11,14,17H2,1-2H3. The molecule has 2 unspecified atom stereocenters. The van der Waals surface area contributed by atoms with Crippen molar-refractivity contribution in [2.45, 2.75) is 77.1 Å². The number of alkyl halides is 2. The van der Waals surface area contributed by atoms with Crippen LogP contribution in [0.5, 0.6) is 5.75 Å². The highest BCUT2D eigenvalue weighted by Gasteiger charge is 2.43. The van der Waals surface area contributed by atoms with Gasteiger partial charge in [0.1, 0.15) is 5.75 Å². The van der Waals surface area contributed by atoms with Crippen molar-refractivity contribution < 1.29 is 13.5 Å². The number of ether oxygens (including phenoxy) is 1. The summed E-state index contributed by atoms with van der Waals surface area (Å²) in [5, 5.41) is 0. The lowest BCUT2D eigenvalue weighted by Crippen LogP contribution is -2.35. The Morgan fingerprint density at radius 2 is 1.56 bits per heavy atom. The highest BCUT2D eigenvalue weighted by Crippen LogP contribution is 2.43. The van der Waals surface area contributed by atoms with Crippen molar-refractivity contribution in [3.63, 3.8) is 0 Å². The largest absolute Gasteiger partial charge is 0.494 e. The Morgan fingerprint density at radius 1 is 0.926 bits per heavy atom. The third-order valence-electron chi connectivity index (χ3n) is 6.35. The SMILES string of the molecule is CCOc1ccc(C2CCC(C#CC3CCC(CC)C(F)(F)C3)CC2)cc1. The van der Waals surface area contributed by atoms with Crippen LogP contribution in [0.2, 0.25) is 0 Å². The number of halogens is 2. The first-order valence-corrected chi connectivity index (χ1v) is 10.6. The van der Waals surface area contributed by atoms with E-state index < -0.39 is 11.8 Å². The van der Waals surface area contributed by atoms with E-state index in [1.54, 1.807) is 0 Å². The first-order chi connectivity index (χ1) is 13.0. The van der Waals surface area contributed by atoms with Crippen LogP contribution in [0.1, 0.15) is 76.7 Å². The molecular formula is C24H32F2O. The van der Waals surface area contributed by atoms with Gasteiger partial charge in [-0.25, -0.2) is 8.78 Å². The lowest BCUT2D eigenvalue weighted by molar-refractivity contribution is -0.0957. The van der Waals surface area contributed by atoms with Gasteiger partial charge in [-0.3, -0.25) is 0 Å². The average molecular weight is 375 g/mol. The van der Waals surface area contributed by atoms with Gasteiger partial charge < -0.3 is 4.74 Å². The molecule has 27 heavy (non-hydrogen) atoms. The highest BCUT2D eigenvalue weighted by molar-refractivity contribution is 5.30. The van der Waals surface area contributed by atoms with E-state index in [9.17, 15) is 8.78 Å². The van der Waals surface area contributed by atoms with Crippen LogP contribution in [-0.2, 0) is 0 Å². The van der Waals surface area contributed by atoms with Crippen molar-refractivity contribution in [3.05, 3.63) is 29.8 Å². The Labute approximate surface area is 162 Å². The smallest absolute Gasteiger partial charge is 0.252 e. The lowest BCUT2D eigenvalue weighted by atomic mass is 9.76. The van der Waals surface area contributed by atoms with Gasteiger partial charge in [0.2, 0.25) is 0 Å². The third-order valence-corrected chi connectivity index (χ3v) is 6.35. The van der Waals surface area contributed by atoms with Crippen LogP contribution in [0.15, 0.2) is 24.3 Å². The maximum absolute atomic E-state index is 14.1. The monoisotopic (exact) mass is 374 g/mol. The minimum absolute atomic E-state index is 0.0416. The summed E-state index contributed by atoms with van der Waals surface area (Å²) in [7, 11) is 0. The van der Waals surface area contributed by atoms with Crippen LogP contribution in [0.25, 0.3) is 0 Å². The van der Waals surface area contributed by atoms with Gasteiger partial charge in [0.25, 0.3) is 5.92 Å². The molecule has 0 bridgehead atoms. The normalized spacial score (nSPS) is 30.2. The molecule has 3 rings (SSSR count). The molecular weight excluding hydrogens is 342 g/mol. The summed E-state index contributed by atoms with van der Waals surface area (Å²) in [6.45, 7) is 4.55. The number of hydrogen-bond donors (Lipinski definition) is 0. The molecule has 0 spiro atoms. The van der Waals surface area contributed by atoms with Gasteiger partial charge in [0.05, 0.1) is 6.61 Å². The molecule has 148 valence electrons. The second-order valence-corrected chi connectivity index (χ2v) is 8.18. The Kier molecular flexibility index (Phi) is 6.79. The predicted molar refractivity (Wildman–Crippen MR) is 106 cm³/mol. The van der Waals surface area contributed by atoms with Gasteiger partial charge in [0, 0.05) is 24.2 Å². The Hall–Kier alpha value is -1.56. The summed E-state index contributed by atoms with van der Waals surface area (Å²) >= 11 is 0. The lowest BCUT2D eigenvalue weighted by Gasteiger charge is -2.33. The summed E-state index contributed by atoms with van der Waals surface area (Å²) in [5.74, 6) is 5.37. The van der Waals surface area contributed by atoms with Crippen LogP contribution >= 0.6 is 0 Å². The Bertz CT molecular complexity index is 647. The summed E-state index contributed by atoms with van der Waals surface area (Å²) in [5.41, 5.74) is 1.38. The fourth-order valence-corrected chi connectivity index (χ4v) is 4.65. The Morgan fingerprint density at radius 3 is 2.15 bits per heavy atom. The van der Waals surface area contributed by atoms with Crippen LogP contribution < -0.4 is 4.74 Å². The molecule has 0 heterocycles. The van der Waals surface area contributed by atoms with E-state index in [0.717, 1.165) is 37.9 Å². The molecule has 2 atom stereocenters. The van der Waals surface area contributed by atoms with Crippen molar-refractivity contribution in [1.29, 1.82) is 0 Å². The zero-order chi connectivity index (χ0) is 19.3. The molecule has 2 saturated carbocycles. The van der Waals surface area contributed by atoms with Crippen LogP contribution in [0.4, 0.5) is 8.78 Å². The fraction of sp³-hybridized carbons (Fsp3) is 0.667. The van der Waals surface area contributed by atoms with Crippen LogP contribution in [0, 0.1) is 29.6 Å². The van der Waals surface area contributed by atoms with Crippen molar-refractivity contribution in [3.8, 4) is 17.6 Å². The maximum atomic E-state index is 14.1. The number of benzene rings is 1. The van der Waals surface area contributed by atoms with Crippen LogP contribution in [0.3, 0.4) is 0 Å². The number of hydrogen-bond acceptors (Lipinski definition) is 1. The summed E-state index contributed by atoms with van der Waals surface area (Å²) in [6, 6.07) is 8.46. The van der Waals surface area contributed by atoms with Gasteiger partial charge in [-0.2, -0.15) is 0 Å². The van der Waals surface area contributed by atoms with Crippen molar-refractivity contribution in [2.24, 2.45) is 17.8 Å². The van der Waals surface area contributed by atoms with Gasteiger partial charge in [-0.15, -0.1) is 0 Å². The van der Waals surface area contributed by atoms with E-state index in [1.165, 1.54) is 5.56 Å². The van der Waals surface area contributed by atoms with Crippen LogP contribution in [-0.4, -0.2) is 12.5 Å². The van der Waals surface area contributed by atoms with E-state index in [-0.39, 0.29) is 12.3 Å². The summed E-state index contributed by atoms with van der Waals surface area (Å²) in [4.78, 5) is 0. The summed E-state index contributed by atoms with van der Waals surface area (Å²) < 4.78 is 33.8. The second-order valence-electron chi connectivity index (χ2n) is 8.18. The molecule has 1 aromatic rings. The van der Waals surface area contributed by atoms with E-state index in [4.69, 9.17) is 4.74 Å². The first-order valence-electron chi connectivity index (χ1n) is 10.6. The van der Waals surface area contributed by atoms with Gasteiger partial charge >= 0.3 is 0 Å². The van der Waals surface area contributed by atoms with E-state index in [1.807, 2.05) is 13.8 Å². The first kappa shape index (κ1) is 20.2. The molecule has 3 heteroatoms. The second kappa shape index (κ2) is 9.09. The molecule has 0 amide bonds. The average Bonchev–Trinajstić information content (AvgIpc) is 2.67. The van der Waals surface area contributed by atoms with Gasteiger partial charge in [0.15, 0.2) is 0 Å². The predicted octanol–water partition coefficient (Wildman–Crippen LogP) is 6.82. The molecule has 0 radical (unpaired) electrons. The van der Waals surface area contributed by atoms with Gasteiger partial charge in [-0.1, -0.05) is 30.9 Å². The topological polar surface area (TPSA) is 9.23 Å². The van der Waals surface area contributed by atoms with Crippen molar-refractivity contribution >= 4 is 0 Å². The highest BCUT2D eigenvalue weighted by atomic mass is 19.3. The van der Waals surface area contributed by atoms with Crippen molar-refractivity contribution in [1.82, 2.24) is 0 Å². The minimum atomic E-state index is -2.53. The van der Waals surface area contributed by atoms with E-state index >= 15 is 0 Å². The van der Waals surface area contributed by atoms with Crippen molar-refractivity contribution in [2.75, 3.05) is 6.61 Å². The zero-order valence-electron chi connectivity index (χ0n) is 16.6. The zero-order valence-corrected chi connectivity index (χ0v) is 16.6. The fourth-order valence-electron chi connectivity index (χ4n) is 4.65. The van der Waals surface area contributed by atoms with Gasteiger partial charge in [-0.05, 0) is 75.5 Å². The molecule has 0 aliphatic heterocycles. The minimum Gasteiger partial charge on any atom is -0.494 e. The third kappa shape index (κ3) is 5.24. The van der Waals surface area contributed by atoms with E-state index in [0.29, 0.717) is 31.3 Å². The molecule has 1 aromatic carbocycles. The molecule has 2 fully saturated rings. The molecule has 1 nitrogen and oxygen atoms in total. The number of rotatable bonds is 4.